The second-order valence-corrected chi connectivity index (χ2v) is 3.69. The molecule has 2 aromatic rings. The van der Waals surface area contributed by atoms with Crippen molar-refractivity contribution < 1.29 is 27.7 Å². The topological polar surface area (TPSA) is 82.6 Å². The van der Waals surface area contributed by atoms with E-state index in [1.165, 1.54) is 7.11 Å². The van der Waals surface area contributed by atoms with Crippen LogP contribution in [-0.2, 0) is 0 Å². The third-order valence-corrected chi connectivity index (χ3v) is 2.47. The Morgan fingerprint density at radius 3 is 2.35 bits per heavy atom. The maximum absolute atomic E-state index is 13.7. The van der Waals surface area contributed by atoms with Gasteiger partial charge in [-0.3, -0.25) is 14.9 Å². The average Bonchev–Trinajstić information content (AvgIpc) is 2.87. The minimum atomic E-state index is -1.15. The highest BCUT2D eigenvalue weighted by Gasteiger charge is 2.25. The van der Waals surface area contributed by atoms with Gasteiger partial charge in [-0.25, -0.2) is 8.78 Å². The van der Waals surface area contributed by atoms with Crippen LogP contribution in [0.2, 0.25) is 0 Å². The van der Waals surface area contributed by atoms with E-state index in [0.29, 0.717) is 0 Å². The number of rotatable bonds is 4. The van der Waals surface area contributed by atoms with Crippen LogP contribution in [0.4, 0.5) is 14.7 Å². The fraction of sp³-hybridized carbons (Fsp3) is 0.0833. The summed E-state index contributed by atoms with van der Waals surface area (Å²) < 4.78 is 36.6. The highest BCUT2D eigenvalue weighted by atomic mass is 19.1. The summed E-state index contributed by atoms with van der Waals surface area (Å²) in [5.74, 6) is -4.74. The van der Waals surface area contributed by atoms with E-state index in [9.17, 15) is 23.7 Å². The Morgan fingerprint density at radius 2 is 1.90 bits per heavy atom. The highest BCUT2D eigenvalue weighted by Crippen LogP contribution is 2.25. The van der Waals surface area contributed by atoms with E-state index in [0.717, 1.165) is 24.3 Å². The quantitative estimate of drug-likeness (QED) is 0.489. The van der Waals surface area contributed by atoms with Crippen LogP contribution in [0, 0.1) is 21.7 Å². The molecule has 0 aliphatic rings. The van der Waals surface area contributed by atoms with Crippen molar-refractivity contribution in [3.05, 3.63) is 57.3 Å². The predicted octanol–water partition coefficient (Wildman–Crippen LogP) is 2.71. The van der Waals surface area contributed by atoms with Gasteiger partial charge in [-0.05, 0) is 6.07 Å². The molecule has 1 heterocycles. The summed E-state index contributed by atoms with van der Waals surface area (Å²) >= 11 is 0. The van der Waals surface area contributed by atoms with Crippen LogP contribution in [0.5, 0.6) is 5.75 Å². The van der Waals surface area contributed by atoms with Gasteiger partial charge in [0.25, 0.3) is 0 Å². The highest BCUT2D eigenvalue weighted by molar-refractivity contribution is 6.07. The van der Waals surface area contributed by atoms with Crippen molar-refractivity contribution in [2.24, 2.45) is 0 Å². The van der Waals surface area contributed by atoms with Crippen LogP contribution in [0.25, 0.3) is 0 Å². The molecule has 0 bridgehead atoms. The maximum atomic E-state index is 13.7. The van der Waals surface area contributed by atoms with Crippen molar-refractivity contribution >= 4 is 11.7 Å². The lowest BCUT2D eigenvalue weighted by atomic mass is 10.1. The van der Waals surface area contributed by atoms with Crippen LogP contribution >= 0.6 is 0 Å². The number of hydrogen-bond donors (Lipinski definition) is 0. The first-order valence-corrected chi connectivity index (χ1v) is 5.26. The molecule has 0 spiro atoms. The maximum Gasteiger partial charge on any atom is 0.433 e. The molecular formula is C12H7F2NO5. The second kappa shape index (κ2) is 5.08. The number of methoxy groups -OCH3 is 1. The lowest BCUT2D eigenvalue weighted by Gasteiger charge is -2.05. The smallest absolute Gasteiger partial charge is 0.433 e. The van der Waals surface area contributed by atoms with Crippen LogP contribution in [-0.4, -0.2) is 17.8 Å². The Balaban J connectivity index is 2.45. The minimum absolute atomic E-state index is 0.0954. The molecule has 2 rings (SSSR count). The number of nitro groups is 1. The van der Waals surface area contributed by atoms with Crippen LogP contribution in [0.15, 0.2) is 28.7 Å². The summed E-state index contributed by atoms with van der Waals surface area (Å²) in [7, 11) is 1.21. The minimum Gasteiger partial charge on any atom is -0.497 e. The molecule has 0 aliphatic heterocycles. The summed E-state index contributed by atoms with van der Waals surface area (Å²) in [5.41, 5.74) is -0.866. The summed E-state index contributed by atoms with van der Waals surface area (Å²) in [6.45, 7) is 0. The zero-order chi connectivity index (χ0) is 14.9. The van der Waals surface area contributed by atoms with Crippen LogP contribution < -0.4 is 4.74 Å². The fourth-order valence-corrected chi connectivity index (χ4v) is 1.56. The third kappa shape index (κ3) is 2.35. The first-order valence-electron chi connectivity index (χ1n) is 5.26. The number of carbonyl (C=O) groups is 1. The van der Waals surface area contributed by atoms with Crippen LogP contribution in [0.1, 0.15) is 16.1 Å². The number of carbonyl (C=O) groups excluding carboxylic acids is 1. The molecule has 104 valence electrons. The molecule has 0 saturated carbocycles. The standard InChI is InChI=1S/C12H7F2NO5/c1-19-6-4-7(13)11(8(14)5-6)12(16)9-2-3-10(20-9)15(17)18/h2-5H,1H3. The first kappa shape index (κ1) is 13.7. The third-order valence-electron chi connectivity index (χ3n) is 2.47. The number of benzene rings is 1. The monoisotopic (exact) mass is 283 g/mol. The molecule has 0 radical (unpaired) electrons. The molecule has 0 unspecified atom stereocenters. The molecule has 0 aliphatic carbocycles. The number of ether oxygens (including phenoxy) is 1. The van der Waals surface area contributed by atoms with E-state index in [-0.39, 0.29) is 5.75 Å². The van der Waals surface area contributed by atoms with Gasteiger partial charge in [0.15, 0.2) is 5.76 Å². The molecule has 0 atom stereocenters. The largest absolute Gasteiger partial charge is 0.497 e. The van der Waals surface area contributed by atoms with E-state index < -0.39 is 39.5 Å². The fourth-order valence-electron chi connectivity index (χ4n) is 1.56. The summed E-state index contributed by atoms with van der Waals surface area (Å²) in [5, 5.41) is 10.4. The van der Waals surface area contributed by atoms with Gasteiger partial charge < -0.3 is 9.15 Å². The molecular weight excluding hydrogens is 276 g/mol. The lowest BCUT2D eigenvalue weighted by Crippen LogP contribution is -2.07. The normalized spacial score (nSPS) is 10.3. The summed E-state index contributed by atoms with van der Waals surface area (Å²) in [6.07, 6.45) is 0. The molecule has 1 aromatic carbocycles. The van der Waals surface area contributed by atoms with E-state index >= 15 is 0 Å². The Hall–Kier alpha value is -2.77. The summed E-state index contributed by atoms with van der Waals surface area (Å²) in [4.78, 5) is 21.4. The molecule has 20 heavy (non-hydrogen) atoms. The Labute approximate surface area is 110 Å². The SMILES string of the molecule is COc1cc(F)c(C(=O)c2ccc([N+](=O)[O-])o2)c(F)c1. The Morgan fingerprint density at radius 1 is 1.30 bits per heavy atom. The van der Waals surface area contributed by atoms with Crippen molar-refractivity contribution in [2.75, 3.05) is 7.11 Å². The first-order chi connectivity index (χ1) is 9.43. The molecule has 0 fully saturated rings. The van der Waals surface area contributed by atoms with Gasteiger partial charge in [0.05, 0.1) is 18.7 Å². The van der Waals surface area contributed by atoms with E-state index in [1.807, 2.05) is 0 Å². The van der Waals surface area contributed by atoms with Crippen molar-refractivity contribution in [3.8, 4) is 5.75 Å². The van der Waals surface area contributed by atoms with Gasteiger partial charge in [-0.2, -0.15) is 0 Å². The van der Waals surface area contributed by atoms with Crippen LogP contribution in [0.3, 0.4) is 0 Å². The van der Waals surface area contributed by atoms with Crippen molar-refractivity contribution in [2.45, 2.75) is 0 Å². The molecule has 8 heteroatoms. The molecule has 0 amide bonds. The van der Waals surface area contributed by atoms with E-state index in [2.05, 4.69) is 9.15 Å². The van der Waals surface area contributed by atoms with Gasteiger partial charge in [-0.15, -0.1) is 0 Å². The van der Waals surface area contributed by atoms with Gasteiger partial charge in [0.2, 0.25) is 5.78 Å². The predicted molar refractivity (Wildman–Crippen MR) is 61.7 cm³/mol. The van der Waals surface area contributed by atoms with Gasteiger partial charge >= 0.3 is 5.88 Å². The van der Waals surface area contributed by atoms with Crippen molar-refractivity contribution in [1.29, 1.82) is 0 Å². The zero-order valence-corrected chi connectivity index (χ0v) is 10.1. The zero-order valence-electron chi connectivity index (χ0n) is 10.1. The van der Waals surface area contributed by atoms with Crippen molar-refractivity contribution in [3.63, 3.8) is 0 Å². The molecule has 0 N–H and O–H groups in total. The van der Waals surface area contributed by atoms with E-state index in [1.54, 1.807) is 0 Å². The van der Waals surface area contributed by atoms with Crippen molar-refractivity contribution in [1.82, 2.24) is 0 Å². The van der Waals surface area contributed by atoms with Gasteiger partial charge in [-0.1, -0.05) is 0 Å². The summed E-state index contributed by atoms with van der Waals surface area (Å²) in [6, 6.07) is 3.55. The second-order valence-electron chi connectivity index (χ2n) is 3.69. The number of nitrogens with zero attached hydrogens (tertiary/aromatic N) is 1. The van der Waals surface area contributed by atoms with E-state index in [4.69, 9.17) is 0 Å². The number of furan rings is 1. The number of hydrogen-bond acceptors (Lipinski definition) is 5. The molecule has 0 saturated heterocycles. The Bertz CT molecular complexity index is 672. The number of ketones is 1. The average molecular weight is 283 g/mol. The van der Waals surface area contributed by atoms with Gasteiger partial charge in [0, 0.05) is 12.1 Å². The lowest BCUT2D eigenvalue weighted by molar-refractivity contribution is -0.402. The van der Waals surface area contributed by atoms with Gasteiger partial charge in [0.1, 0.15) is 22.3 Å². The Kier molecular flexibility index (Phi) is 3.47. The number of halogens is 2. The molecule has 6 nitrogen and oxygen atoms in total. The molecule has 1 aromatic heterocycles.